The second-order valence-corrected chi connectivity index (χ2v) is 2.58. The first-order valence-electron chi connectivity index (χ1n) is 3.79. The number of nitrogens with zero attached hydrogens (tertiary/aromatic N) is 1. The van der Waals surface area contributed by atoms with Gasteiger partial charge in [0.25, 0.3) is 0 Å². The third-order valence-corrected chi connectivity index (χ3v) is 1.74. The molecule has 1 rings (SSSR count). The van der Waals surface area contributed by atoms with Gasteiger partial charge in [-0.15, -0.1) is 0 Å². The van der Waals surface area contributed by atoms with Gasteiger partial charge in [-0.25, -0.2) is 9.90 Å². The molecule has 0 aromatic heterocycles. The molecule has 4 nitrogen and oxygen atoms in total. The minimum Gasteiger partial charge on any atom is -0.379 e. The fourth-order valence-corrected chi connectivity index (χ4v) is 1.07. The smallest absolute Gasteiger partial charge is 0.356 e. The lowest BCUT2D eigenvalue weighted by Gasteiger charge is -2.25. The molecule has 0 aromatic rings. The van der Waals surface area contributed by atoms with Crippen molar-refractivity contribution in [3.05, 3.63) is 0 Å². The molecule has 1 heterocycles. The molecule has 0 spiro atoms. The summed E-state index contributed by atoms with van der Waals surface area (Å²) in [6.07, 6.45) is 0.125. The molecule has 1 fully saturated rings. The average molecular weight is 158 g/mol. The van der Waals surface area contributed by atoms with Crippen LogP contribution in [0.15, 0.2) is 0 Å². The largest absolute Gasteiger partial charge is 0.379 e. The van der Waals surface area contributed by atoms with Crippen molar-refractivity contribution in [2.24, 2.45) is 0 Å². The van der Waals surface area contributed by atoms with Crippen LogP contribution in [0.5, 0.6) is 0 Å². The van der Waals surface area contributed by atoms with Crippen LogP contribution in [0.25, 0.3) is 0 Å². The highest BCUT2D eigenvalue weighted by molar-refractivity contribution is 5.66. The van der Waals surface area contributed by atoms with Gasteiger partial charge in [0.15, 0.2) is 0 Å². The van der Waals surface area contributed by atoms with E-state index in [0.717, 1.165) is 13.1 Å². The number of hydrogen-bond acceptors (Lipinski definition) is 3. The standard InChI is InChI=1S/C7H12NO3/c9-7(10)1-2-8-3-5-11-6-4-8/h1-6H2. The van der Waals surface area contributed by atoms with Gasteiger partial charge in [-0.2, -0.15) is 0 Å². The topological polar surface area (TPSA) is 49.4 Å². The van der Waals surface area contributed by atoms with Crippen LogP contribution < -0.4 is 0 Å². The molecule has 0 N–H and O–H groups in total. The lowest BCUT2D eigenvalue weighted by atomic mass is 10.3. The molecule has 1 saturated heterocycles. The number of rotatable bonds is 3. The Labute approximate surface area is 65.8 Å². The molecule has 1 aliphatic rings. The van der Waals surface area contributed by atoms with Crippen molar-refractivity contribution in [2.45, 2.75) is 6.42 Å². The molecule has 0 aromatic carbocycles. The Kier molecular flexibility index (Phi) is 3.32. The van der Waals surface area contributed by atoms with E-state index in [1.165, 1.54) is 0 Å². The van der Waals surface area contributed by atoms with E-state index >= 15 is 0 Å². The predicted molar refractivity (Wildman–Crippen MR) is 37.6 cm³/mol. The molecule has 0 aliphatic carbocycles. The predicted octanol–water partition coefficient (Wildman–Crippen LogP) is -0.334. The second-order valence-electron chi connectivity index (χ2n) is 2.58. The molecule has 4 heteroatoms. The van der Waals surface area contributed by atoms with Crippen LogP contribution in [0, 0.1) is 0 Å². The Morgan fingerprint density at radius 3 is 2.55 bits per heavy atom. The SMILES string of the molecule is [O]C(=O)CCN1CCOCC1. The Morgan fingerprint density at radius 2 is 2.00 bits per heavy atom. The Morgan fingerprint density at radius 1 is 1.36 bits per heavy atom. The van der Waals surface area contributed by atoms with Crippen molar-refractivity contribution in [1.82, 2.24) is 4.90 Å². The second kappa shape index (κ2) is 4.31. The molecule has 1 aliphatic heterocycles. The summed E-state index contributed by atoms with van der Waals surface area (Å²) in [5, 5.41) is 10.1. The van der Waals surface area contributed by atoms with Crippen LogP contribution in [0.3, 0.4) is 0 Å². The van der Waals surface area contributed by atoms with Crippen molar-refractivity contribution in [2.75, 3.05) is 32.8 Å². The first-order valence-corrected chi connectivity index (χ1v) is 3.79. The Hall–Kier alpha value is -0.610. The maximum absolute atomic E-state index is 10.1. The molecular weight excluding hydrogens is 146 g/mol. The van der Waals surface area contributed by atoms with E-state index in [9.17, 15) is 9.90 Å². The van der Waals surface area contributed by atoms with Crippen LogP contribution in [0.4, 0.5) is 0 Å². The summed E-state index contributed by atoms with van der Waals surface area (Å²) in [6, 6.07) is 0. The zero-order valence-electron chi connectivity index (χ0n) is 6.41. The van der Waals surface area contributed by atoms with E-state index in [0.29, 0.717) is 19.8 Å². The summed E-state index contributed by atoms with van der Waals surface area (Å²) in [7, 11) is 0. The fourth-order valence-electron chi connectivity index (χ4n) is 1.07. The fraction of sp³-hybridized carbons (Fsp3) is 0.857. The van der Waals surface area contributed by atoms with Gasteiger partial charge in [-0.3, -0.25) is 4.90 Å². The monoisotopic (exact) mass is 158 g/mol. The van der Waals surface area contributed by atoms with Gasteiger partial charge in [-0.1, -0.05) is 0 Å². The molecular formula is C7H12NO3. The van der Waals surface area contributed by atoms with Crippen molar-refractivity contribution in [1.29, 1.82) is 0 Å². The molecule has 11 heavy (non-hydrogen) atoms. The summed E-state index contributed by atoms with van der Waals surface area (Å²) in [5.74, 6) is -0.975. The van der Waals surface area contributed by atoms with Crippen molar-refractivity contribution in [3.8, 4) is 0 Å². The van der Waals surface area contributed by atoms with Gasteiger partial charge in [0.1, 0.15) is 0 Å². The van der Waals surface area contributed by atoms with Crippen LogP contribution in [-0.2, 0) is 14.6 Å². The van der Waals surface area contributed by atoms with Crippen molar-refractivity contribution in [3.63, 3.8) is 0 Å². The quantitative estimate of drug-likeness (QED) is 0.565. The highest BCUT2D eigenvalue weighted by Crippen LogP contribution is 1.97. The third kappa shape index (κ3) is 3.34. The molecule has 0 atom stereocenters. The molecule has 63 valence electrons. The maximum Gasteiger partial charge on any atom is 0.356 e. The number of morpholine rings is 1. The highest BCUT2D eigenvalue weighted by atomic mass is 16.5. The highest BCUT2D eigenvalue weighted by Gasteiger charge is 2.11. The summed E-state index contributed by atoms with van der Waals surface area (Å²) >= 11 is 0. The van der Waals surface area contributed by atoms with Crippen LogP contribution in [0.1, 0.15) is 6.42 Å². The third-order valence-electron chi connectivity index (χ3n) is 1.74. The van der Waals surface area contributed by atoms with Crippen molar-refractivity contribution < 1.29 is 14.6 Å². The molecule has 0 amide bonds. The lowest BCUT2D eigenvalue weighted by Crippen LogP contribution is -2.37. The van der Waals surface area contributed by atoms with E-state index < -0.39 is 5.97 Å². The Bertz CT molecular complexity index is 132. The first-order chi connectivity index (χ1) is 5.29. The van der Waals surface area contributed by atoms with Crippen LogP contribution in [0.2, 0.25) is 0 Å². The van der Waals surface area contributed by atoms with Crippen molar-refractivity contribution >= 4 is 5.97 Å². The van der Waals surface area contributed by atoms with E-state index in [-0.39, 0.29) is 6.42 Å². The van der Waals surface area contributed by atoms with Gasteiger partial charge in [0, 0.05) is 19.6 Å². The van der Waals surface area contributed by atoms with E-state index in [1.54, 1.807) is 0 Å². The number of carbonyl (C=O) groups excluding carboxylic acids is 1. The maximum atomic E-state index is 10.1. The zero-order valence-corrected chi connectivity index (χ0v) is 6.41. The van der Waals surface area contributed by atoms with Crippen LogP contribution >= 0.6 is 0 Å². The van der Waals surface area contributed by atoms with Gasteiger partial charge >= 0.3 is 5.97 Å². The van der Waals surface area contributed by atoms with Gasteiger partial charge in [0.2, 0.25) is 0 Å². The average Bonchev–Trinajstić information content (AvgIpc) is 2.03. The summed E-state index contributed by atoms with van der Waals surface area (Å²) < 4.78 is 5.10. The zero-order chi connectivity index (χ0) is 8.10. The summed E-state index contributed by atoms with van der Waals surface area (Å²) in [6.45, 7) is 3.70. The first kappa shape index (κ1) is 8.49. The minimum absolute atomic E-state index is 0.125. The molecule has 0 saturated carbocycles. The lowest BCUT2D eigenvalue weighted by molar-refractivity contribution is -0.143. The number of carbonyl (C=O) groups is 1. The molecule has 0 bridgehead atoms. The Balaban J connectivity index is 2.09. The van der Waals surface area contributed by atoms with E-state index in [2.05, 4.69) is 4.90 Å². The minimum atomic E-state index is -0.975. The number of ether oxygens (including phenoxy) is 1. The summed E-state index contributed by atoms with van der Waals surface area (Å²) in [5.41, 5.74) is 0. The molecule has 0 unspecified atom stereocenters. The van der Waals surface area contributed by atoms with E-state index in [1.807, 2.05) is 0 Å². The number of hydrogen-bond donors (Lipinski definition) is 0. The van der Waals surface area contributed by atoms with Gasteiger partial charge in [-0.05, 0) is 0 Å². The normalized spacial score (nSPS) is 20.0. The van der Waals surface area contributed by atoms with Gasteiger partial charge in [0.05, 0.1) is 19.6 Å². The summed E-state index contributed by atoms with van der Waals surface area (Å²) in [4.78, 5) is 12.1. The van der Waals surface area contributed by atoms with Gasteiger partial charge < -0.3 is 4.74 Å². The molecule has 1 radical (unpaired) electrons. The van der Waals surface area contributed by atoms with Crippen LogP contribution in [-0.4, -0.2) is 43.7 Å². The van der Waals surface area contributed by atoms with E-state index in [4.69, 9.17) is 4.74 Å².